The van der Waals surface area contributed by atoms with Crippen LogP contribution in [0.1, 0.15) is 24.8 Å². The molecule has 13 heavy (non-hydrogen) atoms. The molecular weight excluding hydrogens is 328 g/mol. The Balaban J connectivity index is 0.000000845. The molecule has 0 spiro atoms. The van der Waals surface area contributed by atoms with E-state index in [9.17, 15) is 0 Å². The second-order valence-corrected chi connectivity index (χ2v) is 3.52. The second-order valence-electron chi connectivity index (χ2n) is 3.52. The Morgan fingerprint density at radius 1 is 1.46 bits per heavy atom. The Kier molecular flexibility index (Phi) is 4.73. The van der Waals surface area contributed by atoms with Gasteiger partial charge < -0.3 is 6.42 Å². The number of benzene rings is 1. The molecule has 1 aliphatic rings. The van der Waals surface area contributed by atoms with Gasteiger partial charge in [-0.05, 0) is 0 Å². The van der Waals surface area contributed by atoms with Crippen molar-refractivity contribution in [2.75, 3.05) is 0 Å². The predicted octanol–water partition coefficient (Wildman–Crippen LogP) is 3.03. The van der Waals surface area contributed by atoms with Crippen LogP contribution in [0.3, 0.4) is 0 Å². The van der Waals surface area contributed by atoms with Crippen LogP contribution in [0.5, 0.6) is 0 Å². The minimum Gasteiger partial charge on any atom is -0.325 e. The quantitative estimate of drug-likeness (QED) is 0.725. The average molecular weight is 342 g/mol. The first-order chi connectivity index (χ1) is 5.95. The van der Waals surface area contributed by atoms with Crippen LogP contribution in [0, 0.1) is 18.4 Å². The van der Waals surface area contributed by atoms with E-state index in [0.29, 0.717) is 0 Å². The maximum absolute atomic E-state index is 3.28. The Morgan fingerprint density at radius 3 is 3.00 bits per heavy atom. The summed E-state index contributed by atoms with van der Waals surface area (Å²) in [6.45, 7) is 0. The predicted molar refractivity (Wildman–Crippen MR) is 50.6 cm³/mol. The van der Waals surface area contributed by atoms with E-state index < -0.39 is 0 Å². The van der Waals surface area contributed by atoms with Gasteiger partial charge in [0.15, 0.2) is 0 Å². The van der Waals surface area contributed by atoms with Crippen LogP contribution in [0.25, 0.3) is 0 Å². The van der Waals surface area contributed by atoms with Gasteiger partial charge in [0.2, 0.25) is 0 Å². The van der Waals surface area contributed by atoms with Crippen molar-refractivity contribution in [2.24, 2.45) is 5.92 Å². The number of rotatable bonds is 2. The summed E-state index contributed by atoms with van der Waals surface area (Å²) in [5, 5.41) is 0. The zero-order chi connectivity index (χ0) is 8.23. The van der Waals surface area contributed by atoms with Gasteiger partial charge in [0.25, 0.3) is 0 Å². The van der Waals surface area contributed by atoms with E-state index in [1.165, 1.54) is 31.2 Å². The molecule has 0 heterocycles. The van der Waals surface area contributed by atoms with Crippen molar-refractivity contribution >= 4 is 0 Å². The van der Waals surface area contributed by atoms with Crippen molar-refractivity contribution < 1.29 is 21.1 Å². The first-order valence-corrected chi connectivity index (χ1v) is 4.74. The summed E-state index contributed by atoms with van der Waals surface area (Å²) in [6, 6.07) is 11.6. The molecule has 0 bridgehead atoms. The van der Waals surface area contributed by atoms with Crippen molar-refractivity contribution in [2.45, 2.75) is 25.7 Å². The molecule has 1 heteroatoms. The molecule has 0 aromatic heterocycles. The summed E-state index contributed by atoms with van der Waals surface area (Å²) < 4.78 is 0. The Labute approximate surface area is 95.0 Å². The molecule has 1 unspecified atom stereocenters. The van der Waals surface area contributed by atoms with Gasteiger partial charge in [-0.25, -0.2) is 0 Å². The summed E-state index contributed by atoms with van der Waals surface area (Å²) in [4.78, 5) is 0. The van der Waals surface area contributed by atoms with Gasteiger partial charge in [0, 0.05) is 0 Å². The van der Waals surface area contributed by atoms with E-state index in [1.54, 1.807) is 0 Å². The van der Waals surface area contributed by atoms with Crippen molar-refractivity contribution in [1.29, 1.82) is 0 Å². The van der Waals surface area contributed by atoms with Gasteiger partial charge in [0.1, 0.15) is 0 Å². The molecule has 1 aromatic carbocycles. The fourth-order valence-electron chi connectivity index (χ4n) is 1.88. The average Bonchev–Trinajstić information content (AvgIpc) is 2.59. The van der Waals surface area contributed by atoms with Crippen LogP contribution in [0.2, 0.25) is 0 Å². The molecule has 1 atom stereocenters. The zero-order valence-electron chi connectivity index (χ0n) is 7.70. The van der Waals surface area contributed by atoms with Crippen LogP contribution in [0.4, 0.5) is 0 Å². The fourth-order valence-corrected chi connectivity index (χ4v) is 1.88. The third kappa shape index (κ3) is 3.27. The molecule has 0 aliphatic heterocycles. The molecule has 1 saturated carbocycles. The molecule has 0 N–H and O–H groups in total. The van der Waals surface area contributed by atoms with Crippen LogP contribution >= 0.6 is 0 Å². The first kappa shape index (κ1) is 11.0. The van der Waals surface area contributed by atoms with E-state index >= 15 is 0 Å². The molecule has 2 rings (SSSR count). The first-order valence-electron chi connectivity index (χ1n) is 4.74. The van der Waals surface area contributed by atoms with Gasteiger partial charge >= 0.3 is 21.1 Å². The molecular formula is C12H14W. The summed E-state index contributed by atoms with van der Waals surface area (Å²) in [5.74, 6) is 0.823. The SMILES string of the molecule is [W+2].[c-]1ccccc1CC1[CH-]CCC1. The topological polar surface area (TPSA) is 0 Å². The maximum Gasteiger partial charge on any atom is 2.00 e. The molecule has 0 radical (unpaired) electrons. The Morgan fingerprint density at radius 2 is 2.38 bits per heavy atom. The molecule has 0 amide bonds. The third-order valence-corrected chi connectivity index (χ3v) is 2.53. The van der Waals surface area contributed by atoms with E-state index in [2.05, 4.69) is 24.6 Å². The molecule has 68 valence electrons. The molecule has 1 aliphatic carbocycles. The van der Waals surface area contributed by atoms with Crippen LogP contribution in [-0.4, -0.2) is 0 Å². The van der Waals surface area contributed by atoms with E-state index in [1.807, 2.05) is 12.1 Å². The van der Waals surface area contributed by atoms with Crippen LogP contribution in [0.15, 0.2) is 24.3 Å². The van der Waals surface area contributed by atoms with E-state index in [0.717, 1.165) is 5.92 Å². The minimum atomic E-state index is 0. The smallest absolute Gasteiger partial charge is 0.325 e. The summed E-state index contributed by atoms with van der Waals surface area (Å²) in [5.41, 5.74) is 1.36. The van der Waals surface area contributed by atoms with Gasteiger partial charge in [0.05, 0.1) is 0 Å². The van der Waals surface area contributed by atoms with Gasteiger partial charge in [-0.3, -0.25) is 0 Å². The van der Waals surface area contributed by atoms with Crippen molar-refractivity contribution in [3.05, 3.63) is 42.3 Å². The van der Waals surface area contributed by atoms with Crippen molar-refractivity contribution in [1.82, 2.24) is 0 Å². The van der Waals surface area contributed by atoms with Gasteiger partial charge in [-0.15, -0.1) is 0 Å². The van der Waals surface area contributed by atoms with Crippen molar-refractivity contribution in [3.63, 3.8) is 0 Å². The number of hydrogen-bond acceptors (Lipinski definition) is 0. The van der Waals surface area contributed by atoms with E-state index in [4.69, 9.17) is 0 Å². The monoisotopic (exact) mass is 342 g/mol. The Hall–Kier alpha value is -0.0917. The van der Waals surface area contributed by atoms with Crippen LogP contribution in [-0.2, 0) is 27.5 Å². The van der Waals surface area contributed by atoms with Gasteiger partial charge in [-0.1, -0.05) is 19.3 Å². The third-order valence-electron chi connectivity index (χ3n) is 2.53. The zero-order valence-corrected chi connectivity index (χ0v) is 10.6. The fraction of sp³-hybridized carbons (Fsp3) is 0.417. The van der Waals surface area contributed by atoms with Crippen LogP contribution < -0.4 is 0 Å². The maximum atomic E-state index is 3.28. The molecule has 1 fully saturated rings. The Bertz CT molecular complexity index is 224. The standard InChI is InChI=1S/C12H14.W/c1-2-6-11(7-3-1)10-12-8-4-5-9-12;/h1-3,6,8,12H,4-5,9-10H2;/q-2;+2. The van der Waals surface area contributed by atoms with Gasteiger partial charge in [-0.2, -0.15) is 48.2 Å². The summed E-state index contributed by atoms with van der Waals surface area (Å²) in [7, 11) is 0. The second kappa shape index (κ2) is 5.60. The minimum absolute atomic E-state index is 0. The molecule has 1 aromatic rings. The normalized spacial score (nSPS) is 21.1. The summed E-state index contributed by atoms with van der Waals surface area (Å²) in [6.07, 6.45) is 7.74. The molecule has 0 saturated heterocycles. The number of hydrogen-bond donors (Lipinski definition) is 0. The molecule has 0 nitrogen and oxygen atoms in total. The largest absolute Gasteiger partial charge is 2.00 e. The summed E-state index contributed by atoms with van der Waals surface area (Å²) >= 11 is 0. The van der Waals surface area contributed by atoms with E-state index in [-0.39, 0.29) is 21.1 Å². The van der Waals surface area contributed by atoms with Crippen molar-refractivity contribution in [3.8, 4) is 0 Å².